The molecule has 7 aromatic rings. The Morgan fingerprint density at radius 2 is 1.61 bits per heavy atom. The van der Waals surface area contributed by atoms with Crippen LogP contribution in [0.1, 0.15) is 96.8 Å². The minimum atomic E-state index is -1.77. The largest absolute Gasteiger partial charge is 0.464 e. The molecule has 5 atom stereocenters. The van der Waals surface area contributed by atoms with Crippen molar-refractivity contribution < 1.29 is 28.2 Å². The number of aromatic amines is 2. The fourth-order valence-corrected chi connectivity index (χ4v) is 14.7. The summed E-state index contributed by atoms with van der Waals surface area (Å²) in [5, 5.41) is 3.61. The van der Waals surface area contributed by atoms with Crippen LogP contribution in [0.4, 0.5) is 9.18 Å². The van der Waals surface area contributed by atoms with E-state index in [-0.39, 0.29) is 29.8 Å². The lowest BCUT2D eigenvalue weighted by atomic mass is 10.0. The van der Waals surface area contributed by atoms with Gasteiger partial charge in [-0.15, -0.1) is 11.3 Å². The molecule has 1 aliphatic carbocycles. The molecule has 11 rings (SSSR count). The van der Waals surface area contributed by atoms with Gasteiger partial charge < -0.3 is 40.3 Å². The highest BCUT2D eigenvalue weighted by molar-refractivity contribution is 7.12. The molecule has 3 amide bonds. The third-order valence-corrected chi connectivity index (χ3v) is 18.3. The Morgan fingerprint density at radius 3 is 2.33 bits per heavy atom. The van der Waals surface area contributed by atoms with Gasteiger partial charge in [0.05, 0.1) is 72.7 Å². The number of benzene rings is 3. The predicted octanol–water partition coefficient (Wildman–Crippen LogP) is 9.98. The maximum Gasteiger partial charge on any atom is 0.407 e. The summed E-state index contributed by atoms with van der Waals surface area (Å²) < 4.78 is 30.8. The minimum Gasteiger partial charge on any atom is -0.464 e. The van der Waals surface area contributed by atoms with Crippen LogP contribution < -0.4 is 15.8 Å². The molecule has 0 bridgehead atoms. The molecule has 0 unspecified atom stereocenters. The quantitative estimate of drug-likeness (QED) is 0.0927. The molecule has 1 saturated carbocycles. The third kappa shape index (κ3) is 8.23. The Hall–Kier alpha value is -6.56. The highest BCUT2D eigenvalue weighted by atomic mass is 32.1. The second-order valence-corrected chi connectivity index (χ2v) is 26.3. The van der Waals surface area contributed by atoms with Gasteiger partial charge in [-0.25, -0.2) is 19.2 Å². The number of halogens is 1. The van der Waals surface area contributed by atoms with E-state index in [0.717, 1.165) is 50.9 Å². The molecule has 3 aliphatic heterocycles. The van der Waals surface area contributed by atoms with Crippen molar-refractivity contribution in [1.82, 2.24) is 39.6 Å². The molecule has 3 aromatic carbocycles. The number of hydrogen-bond donors (Lipinski definition) is 4. The van der Waals surface area contributed by atoms with Gasteiger partial charge in [-0.3, -0.25) is 14.2 Å². The highest BCUT2D eigenvalue weighted by Crippen LogP contribution is 2.50. The molecule has 0 spiro atoms. The molecule has 17 heteroatoms. The van der Waals surface area contributed by atoms with E-state index < -0.39 is 38.3 Å². The number of likely N-dealkylation sites (tertiary alicyclic amines) is 1. The zero-order chi connectivity index (χ0) is 47.9. The number of carbonyl (C=O) groups is 3. The fraction of sp³-hybridized carbons (Fsp3) is 0.365. The smallest absolute Gasteiger partial charge is 0.407 e. The first-order valence-corrected chi connectivity index (χ1v) is 28.1. The van der Waals surface area contributed by atoms with E-state index in [1.807, 2.05) is 67.4 Å². The number of hydrogen-bond acceptors (Lipinski definition) is 9. The van der Waals surface area contributed by atoms with Gasteiger partial charge in [0.2, 0.25) is 18.0 Å². The Balaban J connectivity index is 0.915. The first-order chi connectivity index (χ1) is 33.2. The van der Waals surface area contributed by atoms with E-state index in [1.165, 1.54) is 30.9 Å². The highest BCUT2D eigenvalue weighted by Gasteiger charge is 2.45. The molecule has 356 valence electrons. The Kier molecular flexibility index (Phi) is 11.4. The van der Waals surface area contributed by atoms with Crippen molar-refractivity contribution in [3.8, 4) is 39.5 Å². The molecule has 0 radical (unpaired) electrons. The lowest BCUT2D eigenvalue weighted by molar-refractivity contribution is -0.135. The van der Waals surface area contributed by atoms with Gasteiger partial charge in [0.1, 0.15) is 35.3 Å². The number of aromatic nitrogens is 5. The van der Waals surface area contributed by atoms with E-state index >= 15 is 4.39 Å². The van der Waals surface area contributed by atoms with Gasteiger partial charge in [-0.2, -0.15) is 0 Å². The summed E-state index contributed by atoms with van der Waals surface area (Å²) in [6, 6.07) is 24.3. The number of amides is 3. The van der Waals surface area contributed by atoms with Gasteiger partial charge in [0.15, 0.2) is 0 Å². The van der Waals surface area contributed by atoms with Crippen molar-refractivity contribution in [3.63, 3.8) is 0 Å². The number of nitrogens with zero attached hydrogens (tertiary/aromatic N) is 5. The van der Waals surface area contributed by atoms with Gasteiger partial charge in [-0.05, 0) is 91.6 Å². The number of thiophene rings is 1. The van der Waals surface area contributed by atoms with Gasteiger partial charge in [0.25, 0.3) is 0 Å². The van der Waals surface area contributed by atoms with Crippen LogP contribution >= 0.6 is 11.3 Å². The second kappa shape index (κ2) is 17.4. The average molecular weight is 966 g/mol. The van der Waals surface area contributed by atoms with Crippen molar-refractivity contribution in [1.29, 1.82) is 0 Å². The maximum atomic E-state index is 17.0. The zero-order valence-corrected chi connectivity index (χ0v) is 41.1. The number of ether oxygens (including phenoxy) is 2. The van der Waals surface area contributed by atoms with E-state index in [0.29, 0.717) is 59.1 Å². The van der Waals surface area contributed by atoms with Crippen LogP contribution in [-0.2, 0) is 14.3 Å². The van der Waals surface area contributed by atoms with Crippen molar-refractivity contribution in [3.05, 3.63) is 124 Å². The van der Waals surface area contributed by atoms with Crippen molar-refractivity contribution in [2.24, 2.45) is 11.7 Å². The number of nitrogens with two attached hydrogens (primary N) is 1. The van der Waals surface area contributed by atoms with Crippen molar-refractivity contribution in [2.45, 2.75) is 95.0 Å². The monoisotopic (exact) mass is 965 g/mol. The van der Waals surface area contributed by atoms with E-state index in [9.17, 15) is 14.4 Å². The lowest BCUT2D eigenvalue weighted by Gasteiger charge is -2.30. The number of alkyl carbamates (subject to hydrolysis) is 1. The summed E-state index contributed by atoms with van der Waals surface area (Å²) in [5.74, 6) is 1.41. The molecular weight excluding hydrogens is 910 g/mol. The van der Waals surface area contributed by atoms with Gasteiger partial charge >= 0.3 is 6.09 Å². The Bertz CT molecular complexity index is 3120. The first-order valence-electron chi connectivity index (χ1n) is 23.9. The average Bonchev–Trinajstić information content (AvgIpc) is 4.02. The predicted molar refractivity (Wildman–Crippen MR) is 266 cm³/mol. The summed E-state index contributed by atoms with van der Waals surface area (Å²) in [6.45, 7) is 8.88. The Labute approximate surface area is 404 Å². The van der Waals surface area contributed by atoms with E-state index in [1.54, 1.807) is 22.4 Å². The first kappa shape index (κ1) is 44.9. The van der Waals surface area contributed by atoms with Crippen LogP contribution in [0.2, 0.25) is 19.1 Å². The molecule has 14 nitrogen and oxygen atoms in total. The number of carbonyl (C=O) groups excluding carboxylic acids is 3. The lowest BCUT2D eigenvalue weighted by Crippen LogP contribution is -2.51. The van der Waals surface area contributed by atoms with Crippen LogP contribution in [0.15, 0.2) is 91.3 Å². The Morgan fingerprint density at radius 1 is 0.884 bits per heavy atom. The standard InChI is InChI=1S/C52H56FN9O5SSi/c1-28(2)46(59-52(65)66-3)50(64)60-19-9-12-38(60)47-55-25-36(58-47)32-21-34(53)44-39-22-33-20-31(15-16-37(33)62(39)51(67-41(44)23-32)43-18-17-42(68-43)29-13-14-29)35-24-56-48(57-35)40-26-69(4,5)27-61(40)49(63)45(54)30-10-7-6-8-11-30/h6-8,10-11,15-18,20-25,28-29,38,40,45-46,51H,9,12-14,19,26-27,54H2,1-5H3,(H,55,58)(H,56,57)(H,59,65)/t38-,40-,45-,46-,51-/m0/s1. The molecule has 5 N–H and O–H groups in total. The molecule has 4 aliphatic rings. The number of methoxy groups -OCH3 is 1. The topological polar surface area (TPSA) is 176 Å². The molecular formula is C52H56FN9O5SSi. The van der Waals surface area contributed by atoms with Crippen LogP contribution in [0, 0.1) is 11.7 Å². The molecule has 2 saturated heterocycles. The number of rotatable bonds is 11. The molecule has 4 aromatic heterocycles. The normalized spacial score (nSPS) is 20.4. The van der Waals surface area contributed by atoms with Crippen LogP contribution in [0.3, 0.4) is 0 Å². The van der Waals surface area contributed by atoms with Crippen molar-refractivity contribution >= 4 is 48.2 Å². The number of H-pyrrole nitrogens is 2. The number of nitrogens with one attached hydrogen (secondary N) is 3. The summed E-state index contributed by atoms with van der Waals surface area (Å²) in [7, 11) is -0.498. The second-order valence-electron chi connectivity index (χ2n) is 20.1. The number of imidazole rings is 2. The van der Waals surface area contributed by atoms with Gasteiger partial charge in [0, 0.05) is 34.1 Å². The van der Waals surface area contributed by atoms with Crippen LogP contribution in [0.25, 0.3) is 44.7 Å². The molecule has 3 fully saturated rings. The van der Waals surface area contributed by atoms with E-state index in [2.05, 4.69) is 63.3 Å². The maximum absolute atomic E-state index is 17.0. The SMILES string of the molecule is COC(=O)N[C@H](C(=O)N1CCC[C@H]1c1ncc(-c2cc(F)c3c(c2)O[C@@H](c2ccc(C4CC4)s2)n2c-3cc3cc(-c4cnc([C@@H]5C[Si](C)(C)CN5C(=O)[C@@H](N)c5ccccc5)[nH]4)ccc32)[nH]1)C(C)C. The van der Waals surface area contributed by atoms with Crippen LogP contribution in [0.5, 0.6) is 5.75 Å². The van der Waals surface area contributed by atoms with Gasteiger partial charge in [-0.1, -0.05) is 63.3 Å². The summed E-state index contributed by atoms with van der Waals surface area (Å²) >= 11 is 1.75. The van der Waals surface area contributed by atoms with E-state index in [4.69, 9.17) is 25.2 Å². The third-order valence-electron chi connectivity index (χ3n) is 14.3. The summed E-state index contributed by atoms with van der Waals surface area (Å²) in [5.41, 5.74) is 12.2. The fourth-order valence-electron chi connectivity index (χ4n) is 10.6. The summed E-state index contributed by atoms with van der Waals surface area (Å²) in [4.78, 5) is 62.6. The molecule has 69 heavy (non-hydrogen) atoms. The van der Waals surface area contributed by atoms with Crippen molar-refractivity contribution in [2.75, 3.05) is 19.8 Å². The van der Waals surface area contributed by atoms with Crippen LogP contribution in [-0.4, -0.2) is 86.1 Å². The zero-order valence-electron chi connectivity index (χ0n) is 39.3. The summed E-state index contributed by atoms with van der Waals surface area (Å²) in [6.07, 6.45) is 6.81. The minimum absolute atomic E-state index is 0.0971. The molecule has 7 heterocycles. The number of fused-ring (bicyclic) bond motifs is 5.